The molecule has 0 aliphatic carbocycles. The van der Waals surface area contributed by atoms with Crippen LogP contribution in [0.3, 0.4) is 0 Å². The first-order valence-corrected chi connectivity index (χ1v) is 7.01. The molecule has 1 radical (unpaired) electrons. The molecular formula is C15H27N3O3Y-2. The first-order valence-electron chi connectivity index (χ1n) is 7.01. The standard InChI is InChI=1S/C11H18N3O3.C4H9.Y/c1-11(2,3)6-10(15)17-5-4-16-8-9-7-12-14-13-9;1-4(2)3;/h7H,4-6,8H2,1-3H3;1-3H3;/q2*-1;. The SMILES string of the molecule is CC(C)(C)CC(=O)OCCOCc1c[n-]nn1.C[C-](C)C.[Y]. The molecule has 1 rings (SSSR count). The van der Waals surface area contributed by atoms with Crippen LogP contribution < -0.4 is 5.10 Å². The number of rotatable bonds is 6. The molecule has 0 bridgehead atoms. The van der Waals surface area contributed by atoms with Gasteiger partial charge >= 0.3 is 5.97 Å². The Kier molecular flexibility index (Phi) is 14.3. The Balaban J connectivity index is 0. The van der Waals surface area contributed by atoms with Gasteiger partial charge in [0.15, 0.2) is 0 Å². The number of hydrogen-bond acceptors (Lipinski definition) is 5. The number of hydrogen-bond donors (Lipinski definition) is 0. The minimum atomic E-state index is -0.198. The van der Waals surface area contributed by atoms with Crippen LogP contribution in [-0.4, -0.2) is 29.5 Å². The third-order valence-electron chi connectivity index (χ3n) is 1.85. The van der Waals surface area contributed by atoms with Crippen molar-refractivity contribution in [1.29, 1.82) is 0 Å². The quantitative estimate of drug-likeness (QED) is 0.425. The molecule has 0 spiro atoms. The van der Waals surface area contributed by atoms with Gasteiger partial charge in [-0.2, -0.15) is 20.8 Å². The van der Waals surface area contributed by atoms with Crippen LogP contribution >= 0.6 is 0 Å². The van der Waals surface area contributed by atoms with Crippen LogP contribution in [0.15, 0.2) is 6.20 Å². The molecule has 0 saturated carbocycles. The summed E-state index contributed by atoms with van der Waals surface area (Å²) in [5.74, 6) is 1.22. The van der Waals surface area contributed by atoms with E-state index in [4.69, 9.17) is 9.47 Å². The van der Waals surface area contributed by atoms with E-state index in [-0.39, 0.29) is 50.7 Å². The molecule has 1 aromatic heterocycles. The number of aromatic nitrogens is 3. The second kappa shape index (κ2) is 13.1. The van der Waals surface area contributed by atoms with E-state index in [1.54, 1.807) is 0 Å². The van der Waals surface area contributed by atoms with Crippen molar-refractivity contribution in [2.24, 2.45) is 5.41 Å². The van der Waals surface area contributed by atoms with E-state index in [1.165, 1.54) is 12.1 Å². The molecule has 7 heteroatoms. The molecule has 0 aromatic carbocycles. The third kappa shape index (κ3) is 17.7. The normalized spacial score (nSPS) is 10.5. The van der Waals surface area contributed by atoms with E-state index >= 15 is 0 Å². The zero-order chi connectivity index (χ0) is 16.3. The van der Waals surface area contributed by atoms with Crippen LogP contribution in [-0.2, 0) is 53.6 Å². The fraction of sp³-hybridized carbons (Fsp3) is 0.733. The molecule has 0 unspecified atom stereocenters. The van der Waals surface area contributed by atoms with E-state index in [0.717, 1.165) is 0 Å². The Morgan fingerprint density at radius 2 is 1.86 bits per heavy atom. The smallest absolute Gasteiger partial charge is 0.306 e. The molecule has 1 heterocycles. The zero-order valence-electron chi connectivity index (χ0n) is 14.5. The van der Waals surface area contributed by atoms with Crippen molar-refractivity contribution in [1.82, 2.24) is 15.4 Å². The fourth-order valence-corrected chi connectivity index (χ4v) is 1.14. The predicted molar refractivity (Wildman–Crippen MR) is 80.3 cm³/mol. The summed E-state index contributed by atoms with van der Waals surface area (Å²) in [6.07, 6.45) is 1.94. The summed E-state index contributed by atoms with van der Waals surface area (Å²) in [6, 6.07) is 0. The van der Waals surface area contributed by atoms with Crippen LogP contribution in [0.2, 0.25) is 0 Å². The topological polar surface area (TPSA) is 75.4 Å². The molecule has 0 aliphatic rings. The largest absolute Gasteiger partial charge is 0.463 e. The van der Waals surface area contributed by atoms with Gasteiger partial charge in [-0.05, 0) is 11.1 Å². The monoisotopic (exact) mass is 386 g/mol. The Bertz CT molecular complexity index is 373. The van der Waals surface area contributed by atoms with Gasteiger partial charge in [-0.1, -0.05) is 27.0 Å². The minimum Gasteiger partial charge on any atom is -0.463 e. The molecule has 125 valence electrons. The van der Waals surface area contributed by atoms with Gasteiger partial charge in [0, 0.05) is 32.7 Å². The Morgan fingerprint density at radius 3 is 2.32 bits per heavy atom. The van der Waals surface area contributed by atoms with Gasteiger partial charge in [0.2, 0.25) is 0 Å². The van der Waals surface area contributed by atoms with Gasteiger partial charge in [-0.3, -0.25) is 10.0 Å². The maximum absolute atomic E-state index is 11.3. The van der Waals surface area contributed by atoms with Gasteiger partial charge in [-0.15, -0.1) is 0 Å². The van der Waals surface area contributed by atoms with Crippen molar-refractivity contribution in [3.8, 4) is 0 Å². The average molecular weight is 386 g/mol. The van der Waals surface area contributed by atoms with Gasteiger partial charge < -0.3 is 25.6 Å². The van der Waals surface area contributed by atoms with E-state index < -0.39 is 0 Å². The molecular weight excluding hydrogens is 359 g/mol. The van der Waals surface area contributed by atoms with Crippen LogP contribution in [0, 0.1) is 11.3 Å². The van der Waals surface area contributed by atoms with Gasteiger partial charge in [0.1, 0.15) is 6.61 Å². The van der Waals surface area contributed by atoms with E-state index in [9.17, 15) is 4.79 Å². The second-order valence-corrected chi connectivity index (χ2v) is 6.44. The molecule has 6 nitrogen and oxygen atoms in total. The number of nitrogens with zero attached hydrogens (tertiary/aromatic N) is 3. The molecule has 0 aliphatic heterocycles. The van der Waals surface area contributed by atoms with Gasteiger partial charge in [0.25, 0.3) is 0 Å². The van der Waals surface area contributed by atoms with Crippen molar-refractivity contribution in [3.05, 3.63) is 17.8 Å². The molecule has 0 N–H and O–H groups in total. The number of carbonyl (C=O) groups excluding carboxylic acids is 1. The van der Waals surface area contributed by atoms with Crippen LogP contribution in [0.25, 0.3) is 0 Å². The third-order valence-corrected chi connectivity index (χ3v) is 1.85. The maximum Gasteiger partial charge on any atom is 0.306 e. The summed E-state index contributed by atoms with van der Waals surface area (Å²) in [5, 5.41) is 10.7. The summed E-state index contributed by atoms with van der Waals surface area (Å²) in [7, 11) is 0. The Hall–Kier alpha value is -0.326. The second-order valence-electron chi connectivity index (χ2n) is 6.44. The molecule has 0 saturated heterocycles. The van der Waals surface area contributed by atoms with Crippen molar-refractivity contribution in [3.63, 3.8) is 0 Å². The van der Waals surface area contributed by atoms with E-state index in [0.29, 0.717) is 25.3 Å². The van der Waals surface area contributed by atoms with Crippen molar-refractivity contribution < 1.29 is 47.0 Å². The summed E-state index contributed by atoms with van der Waals surface area (Å²) < 4.78 is 10.3. The summed E-state index contributed by atoms with van der Waals surface area (Å²) in [6.45, 7) is 13.2. The van der Waals surface area contributed by atoms with Crippen LogP contribution in [0.4, 0.5) is 0 Å². The zero-order valence-corrected chi connectivity index (χ0v) is 17.4. The van der Waals surface area contributed by atoms with Crippen LogP contribution in [0.1, 0.15) is 53.7 Å². The first-order chi connectivity index (χ1) is 9.70. The predicted octanol–water partition coefficient (Wildman–Crippen LogP) is 2.55. The van der Waals surface area contributed by atoms with E-state index in [2.05, 4.69) is 36.2 Å². The van der Waals surface area contributed by atoms with Gasteiger partial charge in [0.05, 0.1) is 19.6 Å². The number of carbonyl (C=O) groups is 1. The summed E-state index contributed by atoms with van der Waals surface area (Å²) in [5.41, 5.74) is 0.625. The number of esters is 1. The average Bonchev–Trinajstić information content (AvgIpc) is 2.78. The van der Waals surface area contributed by atoms with Crippen molar-refractivity contribution in [2.75, 3.05) is 13.2 Å². The fourth-order valence-electron chi connectivity index (χ4n) is 1.14. The molecule has 22 heavy (non-hydrogen) atoms. The maximum atomic E-state index is 11.3. The Labute approximate surface area is 159 Å². The molecule has 0 amide bonds. The Morgan fingerprint density at radius 1 is 1.27 bits per heavy atom. The molecule has 1 aromatic rings. The summed E-state index contributed by atoms with van der Waals surface area (Å²) >= 11 is 0. The van der Waals surface area contributed by atoms with E-state index in [1.807, 2.05) is 20.8 Å². The minimum absolute atomic E-state index is 0. The summed E-state index contributed by atoms with van der Waals surface area (Å²) in [4.78, 5) is 11.3. The molecule has 0 fully saturated rings. The molecule has 0 atom stereocenters. The first kappa shape index (κ1) is 23.9. The number of ether oxygens (including phenoxy) is 2. The van der Waals surface area contributed by atoms with Crippen molar-refractivity contribution >= 4 is 5.97 Å². The van der Waals surface area contributed by atoms with Crippen LogP contribution in [0.5, 0.6) is 0 Å². The van der Waals surface area contributed by atoms with Crippen molar-refractivity contribution in [2.45, 2.75) is 54.6 Å². The van der Waals surface area contributed by atoms with Gasteiger partial charge in [-0.25, -0.2) is 0 Å².